The van der Waals surface area contributed by atoms with Gasteiger partial charge in [-0.3, -0.25) is 19.2 Å². The van der Waals surface area contributed by atoms with Crippen LogP contribution in [0.2, 0.25) is 0 Å². The van der Waals surface area contributed by atoms with Crippen LogP contribution in [0.15, 0.2) is 79.9 Å². The van der Waals surface area contributed by atoms with Crippen LogP contribution in [0.25, 0.3) is 11.0 Å². The van der Waals surface area contributed by atoms with Gasteiger partial charge in [0, 0.05) is 24.9 Å². The molecule has 9 atom stereocenters. The van der Waals surface area contributed by atoms with E-state index in [1.807, 2.05) is 44.2 Å². The van der Waals surface area contributed by atoms with E-state index >= 15 is 4.79 Å². The van der Waals surface area contributed by atoms with Gasteiger partial charge in [-0.05, 0) is 36.5 Å². The van der Waals surface area contributed by atoms with E-state index in [0.717, 1.165) is 0 Å². The number of alkyl halides is 1. The number of esters is 1. The van der Waals surface area contributed by atoms with Crippen molar-refractivity contribution in [2.24, 2.45) is 17.8 Å². The molecule has 1 aromatic heterocycles. The molecule has 3 aliphatic rings. The largest absolute Gasteiger partial charge is 0.455 e. The van der Waals surface area contributed by atoms with Crippen LogP contribution in [0.4, 0.5) is 0 Å². The van der Waals surface area contributed by atoms with Gasteiger partial charge in [-0.1, -0.05) is 89.6 Å². The molecular formula is C40H49BrN6O8. The van der Waals surface area contributed by atoms with Crippen molar-refractivity contribution in [3.8, 4) is 0 Å². The molecule has 3 aromatic rings. The zero-order valence-electron chi connectivity index (χ0n) is 31.3. The summed E-state index contributed by atoms with van der Waals surface area (Å²) >= 11 is 3.74. The molecule has 0 radical (unpaired) electrons. The lowest BCUT2D eigenvalue weighted by molar-refractivity contribution is -0.163. The second kappa shape index (κ2) is 17.1. The fourth-order valence-corrected chi connectivity index (χ4v) is 9.39. The Bertz CT molecular complexity index is 1890. The van der Waals surface area contributed by atoms with E-state index in [-0.39, 0.29) is 44.5 Å². The number of rotatable bonds is 18. The topological polar surface area (TPSA) is 165 Å². The number of para-hydroxylation sites is 1. The Morgan fingerprint density at radius 3 is 2.55 bits per heavy atom. The molecule has 15 heteroatoms. The Labute approximate surface area is 329 Å². The smallest absolute Gasteiger partial charge is 0.313 e. The van der Waals surface area contributed by atoms with Crippen molar-refractivity contribution in [2.75, 3.05) is 26.9 Å². The van der Waals surface area contributed by atoms with Crippen molar-refractivity contribution in [2.45, 2.75) is 80.5 Å². The standard InChI is InChI=1S/C40H49BrN6O8/c1-6-8-18-31(49)42-28(22-53-5)34(25-14-10-9-11-15-25)54-39(52)32-33-37(50)47(30(21-48)24(3)4)36(40(33)20-26(41)35(32)55-40)38(51)45(19-7-2)23-46-29-17-13-12-16-27(29)43-44-46/h6-7,9-17,24,26,28,30,32-36,48H,1-2,8,18-23H2,3-5H3,(H,42,49)/t26?,28-,30-,32+,33-,34-,35+,36+,40-/m0/s1. The zero-order valence-corrected chi connectivity index (χ0v) is 32.9. The van der Waals surface area contributed by atoms with Gasteiger partial charge in [-0.25, -0.2) is 4.68 Å². The fraction of sp³-hybridized carbons (Fsp3) is 0.500. The fourth-order valence-electron chi connectivity index (χ4n) is 8.45. The second-order valence-corrected chi connectivity index (χ2v) is 15.9. The summed E-state index contributed by atoms with van der Waals surface area (Å²) in [5.41, 5.74) is 0.553. The Balaban J connectivity index is 1.38. The van der Waals surface area contributed by atoms with Gasteiger partial charge in [-0.2, -0.15) is 0 Å². The first kappa shape index (κ1) is 40.2. The third kappa shape index (κ3) is 7.59. The van der Waals surface area contributed by atoms with E-state index in [4.69, 9.17) is 14.2 Å². The first-order valence-electron chi connectivity index (χ1n) is 18.6. The molecule has 2 aromatic carbocycles. The van der Waals surface area contributed by atoms with Crippen LogP contribution in [0.1, 0.15) is 44.8 Å². The van der Waals surface area contributed by atoms with E-state index < -0.39 is 77.0 Å². The minimum atomic E-state index is -1.43. The lowest BCUT2D eigenvalue weighted by Gasteiger charge is -2.40. The molecule has 294 valence electrons. The van der Waals surface area contributed by atoms with Crippen molar-refractivity contribution >= 4 is 50.7 Å². The van der Waals surface area contributed by atoms with E-state index in [0.29, 0.717) is 23.0 Å². The number of fused-ring (bicyclic) bond motifs is 2. The number of aliphatic hydroxyl groups is 1. The lowest BCUT2D eigenvalue weighted by atomic mass is 9.70. The van der Waals surface area contributed by atoms with Gasteiger partial charge < -0.3 is 34.4 Å². The van der Waals surface area contributed by atoms with E-state index in [1.54, 1.807) is 41.1 Å². The summed E-state index contributed by atoms with van der Waals surface area (Å²) in [4.78, 5) is 60.2. The molecule has 4 heterocycles. The second-order valence-electron chi connectivity index (χ2n) is 14.7. The SMILES string of the molecule is C=CCCC(=O)N[C@@H](COC)[C@@H](OC(=O)[C@H]1[C@@H]2O[C@@]3(CC2Br)[C@@H]1C(=O)N([C@@H](CO)C(C)C)[C@@H]3C(=O)N(CC=C)Cn1nnc2ccccc21)c1ccccc1. The van der Waals surface area contributed by atoms with Crippen molar-refractivity contribution < 1.29 is 38.5 Å². The van der Waals surface area contributed by atoms with Gasteiger partial charge in [0.1, 0.15) is 29.9 Å². The molecular weight excluding hydrogens is 772 g/mol. The average molecular weight is 822 g/mol. The first-order valence-corrected chi connectivity index (χ1v) is 19.5. The van der Waals surface area contributed by atoms with Crippen LogP contribution in [-0.2, 0) is 40.1 Å². The normalized spacial score (nSPS) is 25.7. The number of carbonyl (C=O) groups excluding carboxylic acids is 4. The van der Waals surface area contributed by atoms with Gasteiger partial charge in [-0.15, -0.1) is 18.3 Å². The number of aromatic nitrogens is 3. The molecule has 2 bridgehead atoms. The van der Waals surface area contributed by atoms with E-state index in [9.17, 15) is 19.5 Å². The Morgan fingerprint density at radius 1 is 1.15 bits per heavy atom. The van der Waals surface area contributed by atoms with Crippen molar-refractivity contribution in [3.05, 3.63) is 85.5 Å². The first-order chi connectivity index (χ1) is 26.5. The zero-order chi connectivity index (χ0) is 39.4. The highest BCUT2D eigenvalue weighted by Gasteiger charge is 2.77. The highest BCUT2D eigenvalue weighted by Crippen LogP contribution is 2.61. The molecule has 3 amide bonds. The molecule has 55 heavy (non-hydrogen) atoms. The Morgan fingerprint density at radius 2 is 1.87 bits per heavy atom. The summed E-state index contributed by atoms with van der Waals surface area (Å²) in [6, 6.07) is 13.7. The van der Waals surface area contributed by atoms with Gasteiger partial charge in [0.25, 0.3) is 0 Å². The maximum atomic E-state index is 15.1. The maximum absolute atomic E-state index is 15.1. The number of nitrogens with one attached hydrogen (secondary N) is 1. The number of benzene rings is 2. The minimum absolute atomic E-state index is 0.000910. The lowest BCUT2D eigenvalue weighted by Crippen LogP contribution is -2.60. The van der Waals surface area contributed by atoms with E-state index in [1.165, 1.54) is 16.9 Å². The third-order valence-corrected chi connectivity index (χ3v) is 11.8. The van der Waals surface area contributed by atoms with Gasteiger partial charge in [0.15, 0.2) is 0 Å². The predicted octanol–water partition coefficient (Wildman–Crippen LogP) is 3.55. The van der Waals surface area contributed by atoms with Crippen molar-refractivity contribution in [3.63, 3.8) is 0 Å². The van der Waals surface area contributed by atoms with E-state index in [2.05, 4.69) is 44.7 Å². The quantitative estimate of drug-likeness (QED) is 0.110. The van der Waals surface area contributed by atoms with Gasteiger partial charge in [0.05, 0.1) is 48.8 Å². The number of amides is 3. The van der Waals surface area contributed by atoms with Gasteiger partial charge >= 0.3 is 5.97 Å². The molecule has 3 aliphatic heterocycles. The third-order valence-electron chi connectivity index (χ3n) is 10.9. The maximum Gasteiger partial charge on any atom is 0.313 e. The number of nitrogens with zero attached hydrogens (tertiary/aromatic N) is 5. The van der Waals surface area contributed by atoms with Crippen LogP contribution in [0.5, 0.6) is 0 Å². The minimum Gasteiger partial charge on any atom is -0.455 e. The van der Waals surface area contributed by atoms with Crippen molar-refractivity contribution in [1.82, 2.24) is 30.1 Å². The summed E-state index contributed by atoms with van der Waals surface area (Å²) in [6.45, 7) is 11.0. The highest BCUT2D eigenvalue weighted by atomic mass is 79.9. The molecule has 0 saturated carbocycles. The van der Waals surface area contributed by atoms with Crippen LogP contribution in [0.3, 0.4) is 0 Å². The number of aliphatic hydroxyl groups excluding tert-OH is 1. The molecule has 3 saturated heterocycles. The molecule has 0 aliphatic carbocycles. The summed E-state index contributed by atoms with van der Waals surface area (Å²) in [5.74, 6) is -4.35. The molecule has 3 fully saturated rings. The molecule has 1 unspecified atom stereocenters. The van der Waals surface area contributed by atoms with Crippen LogP contribution < -0.4 is 5.32 Å². The number of likely N-dealkylation sites (tertiary alicyclic amines) is 1. The summed E-state index contributed by atoms with van der Waals surface area (Å²) < 4.78 is 20.2. The van der Waals surface area contributed by atoms with Crippen LogP contribution >= 0.6 is 15.9 Å². The molecule has 2 N–H and O–H groups in total. The van der Waals surface area contributed by atoms with Gasteiger partial charge in [0.2, 0.25) is 17.7 Å². The molecule has 1 spiro atoms. The summed E-state index contributed by atoms with van der Waals surface area (Å²) in [5, 5.41) is 22.2. The number of methoxy groups -OCH3 is 1. The number of halogens is 1. The Kier molecular flexibility index (Phi) is 12.5. The molecule has 6 rings (SSSR count). The average Bonchev–Trinajstić information content (AvgIpc) is 3.90. The van der Waals surface area contributed by atoms with Crippen molar-refractivity contribution in [1.29, 1.82) is 0 Å². The number of carbonyl (C=O) groups is 4. The molecule has 14 nitrogen and oxygen atoms in total. The number of hydrogen-bond donors (Lipinski definition) is 2. The number of hydrogen-bond acceptors (Lipinski definition) is 10. The van der Waals surface area contributed by atoms with Crippen LogP contribution in [-0.4, -0.2) is 115 Å². The predicted molar refractivity (Wildman–Crippen MR) is 206 cm³/mol. The number of ether oxygens (including phenoxy) is 3. The summed E-state index contributed by atoms with van der Waals surface area (Å²) in [7, 11) is 1.49. The summed E-state index contributed by atoms with van der Waals surface area (Å²) in [6.07, 6.45) is 2.34. The number of allylic oxidation sites excluding steroid dienone is 1. The monoisotopic (exact) mass is 820 g/mol. The highest BCUT2D eigenvalue weighted by molar-refractivity contribution is 9.09. The van der Waals surface area contributed by atoms with Crippen LogP contribution in [0, 0.1) is 17.8 Å². The Hall–Kier alpha value is -4.44.